The van der Waals surface area contributed by atoms with E-state index in [9.17, 15) is 0 Å². The smallest absolute Gasteiger partial charge is 0.00735 e. The van der Waals surface area contributed by atoms with Gasteiger partial charge >= 0.3 is 0 Å². The van der Waals surface area contributed by atoms with Crippen molar-refractivity contribution in [2.24, 2.45) is 0 Å². The predicted molar refractivity (Wildman–Crippen MR) is 130 cm³/mol. The lowest BCUT2D eigenvalue weighted by molar-refractivity contribution is 0.331. The largest absolute Gasteiger partial charge is 0.0558 e. The van der Waals surface area contributed by atoms with E-state index in [1.165, 1.54) is 36.8 Å². The normalized spacial score (nSPS) is 24.6. The molecule has 0 aliphatic heterocycles. The summed E-state index contributed by atoms with van der Waals surface area (Å²) in [4.78, 5) is 0. The Balaban J connectivity index is 1.78. The van der Waals surface area contributed by atoms with E-state index in [-0.39, 0.29) is 21.7 Å². The Morgan fingerprint density at radius 1 is 0.500 bits per heavy atom. The van der Waals surface area contributed by atoms with Crippen molar-refractivity contribution in [2.45, 2.75) is 116 Å². The van der Waals surface area contributed by atoms with Crippen LogP contribution in [0.4, 0.5) is 0 Å². The molecule has 0 radical (unpaired) electrons. The molecule has 0 nitrogen and oxygen atoms in total. The van der Waals surface area contributed by atoms with E-state index in [1.807, 2.05) is 0 Å². The molecule has 0 amide bonds. The van der Waals surface area contributed by atoms with Gasteiger partial charge in [0.15, 0.2) is 0 Å². The van der Waals surface area contributed by atoms with Gasteiger partial charge in [-0.25, -0.2) is 0 Å². The first kappa shape index (κ1) is 20.3. The third kappa shape index (κ3) is 2.64. The summed E-state index contributed by atoms with van der Waals surface area (Å²) < 4.78 is 0. The Morgan fingerprint density at radius 2 is 0.767 bits per heavy atom. The molecule has 2 aromatic carbocycles. The van der Waals surface area contributed by atoms with Crippen LogP contribution < -0.4 is 0 Å². The van der Waals surface area contributed by atoms with E-state index in [0.717, 1.165) is 0 Å². The van der Waals surface area contributed by atoms with Crippen molar-refractivity contribution in [3.63, 3.8) is 0 Å². The van der Waals surface area contributed by atoms with Crippen LogP contribution in [0.5, 0.6) is 0 Å². The van der Waals surface area contributed by atoms with E-state index >= 15 is 0 Å². The molecule has 0 heteroatoms. The van der Waals surface area contributed by atoms with Crippen molar-refractivity contribution >= 4 is 0 Å². The van der Waals surface area contributed by atoms with Gasteiger partial charge in [-0.1, -0.05) is 86.6 Å². The van der Waals surface area contributed by atoms with E-state index in [2.05, 4.69) is 86.6 Å². The van der Waals surface area contributed by atoms with Crippen LogP contribution in [0.2, 0.25) is 0 Å². The van der Waals surface area contributed by atoms with E-state index < -0.39 is 0 Å². The minimum absolute atomic E-state index is 0.265. The molecule has 3 aliphatic carbocycles. The average Bonchev–Trinajstić information content (AvgIpc) is 2.93. The van der Waals surface area contributed by atoms with Crippen LogP contribution in [0.1, 0.15) is 127 Å². The number of fused-ring (bicyclic) bond motifs is 5. The lowest BCUT2D eigenvalue weighted by Gasteiger charge is -2.42. The van der Waals surface area contributed by atoms with Crippen molar-refractivity contribution in [2.75, 3.05) is 0 Å². The Hall–Kier alpha value is -1.56. The van der Waals surface area contributed by atoms with Gasteiger partial charge in [0.1, 0.15) is 0 Å². The summed E-state index contributed by atoms with van der Waals surface area (Å²) in [6.07, 6.45) is 5.12. The Bertz CT molecular complexity index is 972. The van der Waals surface area contributed by atoms with Crippen LogP contribution in [-0.2, 0) is 21.7 Å². The molecule has 5 rings (SSSR count). The molecule has 0 atom stereocenters. The molecule has 0 heterocycles. The highest BCUT2D eigenvalue weighted by molar-refractivity contribution is 5.82. The molecule has 0 saturated carbocycles. The van der Waals surface area contributed by atoms with Crippen LogP contribution >= 0.6 is 0 Å². The van der Waals surface area contributed by atoms with Gasteiger partial charge in [0, 0.05) is 5.92 Å². The fraction of sp³-hybridized carbons (Fsp3) is 0.600. The zero-order valence-electron chi connectivity index (χ0n) is 20.7. The molecule has 0 saturated heterocycles. The number of hydrogen-bond donors (Lipinski definition) is 0. The van der Waals surface area contributed by atoms with Crippen molar-refractivity contribution in [1.29, 1.82) is 0 Å². The first-order valence-corrected chi connectivity index (χ1v) is 12.1. The maximum atomic E-state index is 2.60. The van der Waals surface area contributed by atoms with E-state index in [0.29, 0.717) is 5.92 Å². The molecule has 0 spiro atoms. The summed E-state index contributed by atoms with van der Waals surface area (Å²) in [5.74, 6) is 0.493. The first-order valence-electron chi connectivity index (χ1n) is 12.1. The van der Waals surface area contributed by atoms with E-state index in [4.69, 9.17) is 0 Å². The molecule has 30 heavy (non-hydrogen) atoms. The summed E-state index contributed by atoms with van der Waals surface area (Å²) in [6, 6.07) is 10.4. The SMILES string of the molecule is CC1c2cc3c(cc2-c2cc4c(cc21)C(C)(C)CCC4(C)C)C(C)(C)CCC3(C)C. The van der Waals surface area contributed by atoms with Gasteiger partial charge in [-0.2, -0.15) is 0 Å². The monoisotopic (exact) mass is 400 g/mol. The minimum Gasteiger partial charge on any atom is -0.0558 e. The van der Waals surface area contributed by atoms with Gasteiger partial charge in [0.25, 0.3) is 0 Å². The van der Waals surface area contributed by atoms with Gasteiger partial charge in [-0.05, 0) is 91.9 Å². The second kappa shape index (κ2) is 5.81. The summed E-state index contributed by atoms with van der Waals surface area (Å²) in [7, 11) is 0. The predicted octanol–water partition coefficient (Wildman–Crippen LogP) is 8.52. The summed E-state index contributed by atoms with van der Waals surface area (Å²) in [5.41, 5.74) is 13.6. The lowest BCUT2D eigenvalue weighted by atomic mass is 9.62. The van der Waals surface area contributed by atoms with Gasteiger partial charge in [0.05, 0.1) is 0 Å². The van der Waals surface area contributed by atoms with Crippen molar-refractivity contribution in [1.82, 2.24) is 0 Å². The van der Waals surface area contributed by atoms with Gasteiger partial charge in [-0.3, -0.25) is 0 Å². The fourth-order valence-corrected chi connectivity index (χ4v) is 6.61. The topological polar surface area (TPSA) is 0 Å². The van der Waals surface area contributed by atoms with Gasteiger partial charge in [-0.15, -0.1) is 0 Å². The molecule has 0 N–H and O–H groups in total. The molecule has 0 aromatic heterocycles. The second-order valence-corrected chi connectivity index (χ2v) is 13.2. The summed E-state index contributed by atoms with van der Waals surface area (Å²) in [6.45, 7) is 22.0. The highest BCUT2D eigenvalue weighted by Gasteiger charge is 2.42. The summed E-state index contributed by atoms with van der Waals surface area (Å²) in [5, 5.41) is 0. The first-order chi connectivity index (χ1) is 13.7. The molecule has 3 aliphatic rings. The lowest BCUT2D eigenvalue weighted by Crippen LogP contribution is -2.34. The highest BCUT2D eigenvalue weighted by Crippen LogP contribution is 2.55. The third-order valence-electron chi connectivity index (χ3n) is 9.27. The van der Waals surface area contributed by atoms with Crippen LogP contribution in [0.15, 0.2) is 24.3 Å². The third-order valence-corrected chi connectivity index (χ3v) is 9.27. The van der Waals surface area contributed by atoms with Crippen LogP contribution in [0, 0.1) is 0 Å². The molecule has 0 fully saturated rings. The number of rotatable bonds is 0. The van der Waals surface area contributed by atoms with Crippen molar-refractivity contribution in [3.8, 4) is 11.1 Å². The van der Waals surface area contributed by atoms with Gasteiger partial charge in [0.2, 0.25) is 0 Å². The van der Waals surface area contributed by atoms with E-state index in [1.54, 1.807) is 33.4 Å². The standard InChI is InChI=1S/C30H40/c1-18-19-14-23-25(29(6,7)12-10-27(23,2)3)16-21(19)22-17-26-24(15-20(18)22)28(4,5)11-13-30(26,8)9/h14-18H,10-13H2,1-9H3. The van der Waals surface area contributed by atoms with Crippen molar-refractivity contribution in [3.05, 3.63) is 57.6 Å². The number of benzene rings is 2. The Labute approximate surface area is 184 Å². The molecule has 2 aromatic rings. The maximum Gasteiger partial charge on any atom is 0.00735 e. The zero-order valence-corrected chi connectivity index (χ0v) is 20.7. The highest BCUT2D eigenvalue weighted by atomic mass is 14.5. The molecule has 160 valence electrons. The average molecular weight is 401 g/mol. The quantitative estimate of drug-likeness (QED) is 0.415. The Kier molecular flexibility index (Phi) is 3.94. The van der Waals surface area contributed by atoms with Crippen LogP contribution in [-0.4, -0.2) is 0 Å². The molecule has 0 unspecified atom stereocenters. The van der Waals surface area contributed by atoms with Crippen LogP contribution in [0.25, 0.3) is 11.1 Å². The van der Waals surface area contributed by atoms with Crippen molar-refractivity contribution < 1.29 is 0 Å². The number of hydrogen-bond acceptors (Lipinski definition) is 0. The minimum atomic E-state index is 0.265. The Morgan fingerprint density at radius 3 is 1.07 bits per heavy atom. The van der Waals surface area contributed by atoms with Crippen LogP contribution in [0.3, 0.4) is 0 Å². The zero-order chi connectivity index (χ0) is 21.9. The summed E-state index contributed by atoms with van der Waals surface area (Å²) >= 11 is 0. The maximum absolute atomic E-state index is 2.60. The second-order valence-electron chi connectivity index (χ2n) is 13.2. The molecular weight excluding hydrogens is 360 g/mol. The molecular formula is C30H40. The fourth-order valence-electron chi connectivity index (χ4n) is 6.61. The molecule has 0 bridgehead atoms. The van der Waals surface area contributed by atoms with Gasteiger partial charge < -0.3 is 0 Å².